The average molecular weight is 361 g/mol. The molecular formula is C22H19NO4. The van der Waals surface area contributed by atoms with Crippen molar-refractivity contribution in [1.29, 1.82) is 0 Å². The predicted molar refractivity (Wildman–Crippen MR) is 104 cm³/mol. The minimum atomic E-state index is -1.17. The molecule has 3 rings (SSSR count). The molecule has 4 N–H and O–H groups in total. The molecule has 136 valence electrons. The maximum atomic E-state index is 11.1. The van der Waals surface area contributed by atoms with Crippen molar-refractivity contribution in [3.63, 3.8) is 0 Å². The molecule has 27 heavy (non-hydrogen) atoms. The molecule has 0 amide bonds. The van der Waals surface area contributed by atoms with Gasteiger partial charge < -0.3 is 20.6 Å². The van der Waals surface area contributed by atoms with Crippen LogP contribution in [0.3, 0.4) is 0 Å². The van der Waals surface area contributed by atoms with Crippen molar-refractivity contribution < 1.29 is 20.1 Å². The summed E-state index contributed by atoms with van der Waals surface area (Å²) in [5, 5.41) is 31.2. The van der Waals surface area contributed by atoms with Crippen molar-refractivity contribution >= 4 is 11.7 Å². The van der Waals surface area contributed by atoms with Gasteiger partial charge in [-0.3, -0.25) is 0 Å². The minimum Gasteiger partial charge on any atom is -0.508 e. The number of hydrogen-bond donors (Lipinski definition) is 4. The Morgan fingerprint density at radius 1 is 0.889 bits per heavy atom. The molecule has 0 saturated carbocycles. The molecule has 0 radical (unpaired) electrons. The Bertz CT molecular complexity index is 976. The van der Waals surface area contributed by atoms with Gasteiger partial charge in [-0.05, 0) is 46.5 Å². The van der Waals surface area contributed by atoms with Crippen molar-refractivity contribution in [2.24, 2.45) is 0 Å². The molecule has 0 saturated heterocycles. The molecule has 0 aliphatic carbocycles. The first-order valence-electron chi connectivity index (χ1n) is 8.32. The van der Waals surface area contributed by atoms with Crippen LogP contribution in [0.1, 0.15) is 21.5 Å². The van der Waals surface area contributed by atoms with Crippen molar-refractivity contribution in [2.75, 3.05) is 0 Å². The number of benzene rings is 3. The molecule has 0 aliphatic heterocycles. The number of phenolic OH excluding ortho intramolecular Hbond substituents is 1. The summed E-state index contributed by atoms with van der Waals surface area (Å²) in [6.45, 7) is 4.41. The van der Waals surface area contributed by atoms with E-state index in [1.165, 1.54) is 12.1 Å². The van der Waals surface area contributed by atoms with Crippen LogP contribution in [0.2, 0.25) is 0 Å². The summed E-state index contributed by atoms with van der Waals surface area (Å²) in [5.41, 5.74) is 4.25. The Morgan fingerprint density at radius 2 is 1.48 bits per heavy atom. The zero-order valence-electron chi connectivity index (χ0n) is 14.5. The van der Waals surface area contributed by atoms with Crippen molar-refractivity contribution in [3.8, 4) is 22.6 Å². The van der Waals surface area contributed by atoms with Crippen LogP contribution in [0, 0.1) is 0 Å². The van der Waals surface area contributed by atoms with E-state index in [-0.39, 0.29) is 17.1 Å². The van der Waals surface area contributed by atoms with Crippen LogP contribution in [0.25, 0.3) is 16.8 Å². The van der Waals surface area contributed by atoms with Gasteiger partial charge in [0.05, 0.1) is 0 Å². The normalized spacial score (nSPS) is 10.4. The zero-order valence-corrected chi connectivity index (χ0v) is 14.5. The molecule has 0 aliphatic rings. The SMILES string of the molecule is C=C(NCc1ccc(O)c(C(=O)O)c1)c1ccc(-c2ccc(O)cc2)cc1. The summed E-state index contributed by atoms with van der Waals surface area (Å²) in [6, 6.07) is 19.3. The lowest BCUT2D eigenvalue weighted by Gasteiger charge is -2.12. The first-order chi connectivity index (χ1) is 12.9. The molecule has 0 atom stereocenters. The Kier molecular flexibility index (Phi) is 5.13. The van der Waals surface area contributed by atoms with Gasteiger partial charge in [0.2, 0.25) is 0 Å². The quantitative estimate of drug-likeness (QED) is 0.528. The monoisotopic (exact) mass is 361 g/mol. The van der Waals surface area contributed by atoms with Crippen LogP contribution < -0.4 is 5.32 Å². The number of phenols is 2. The molecule has 0 spiro atoms. The average Bonchev–Trinajstić information content (AvgIpc) is 2.67. The zero-order chi connectivity index (χ0) is 19.4. The van der Waals surface area contributed by atoms with E-state index in [2.05, 4.69) is 11.9 Å². The Morgan fingerprint density at radius 3 is 2.07 bits per heavy atom. The molecule has 0 fully saturated rings. The fraction of sp³-hybridized carbons (Fsp3) is 0.0455. The fourth-order valence-corrected chi connectivity index (χ4v) is 2.69. The molecule has 0 heterocycles. The maximum absolute atomic E-state index is 11.1. The van der Waals surface area contributed by atoms with Crippen LogP contribution in [0.15, 0.2) is 73.3 Å². The molecule has 5 heteroatoms. The predicted octanol–water partition coefficient (Wildman–Crippen LogP) is 4.22. The number of aromatic hydroxyl groups is 2. The molecule has 3 aromatic carbocycles. The summed E-state index contributed by atoms with van der Waals surface area (Å²) in [7, 11) is 0. The van der Waals surface area contributed by atoms with E-state index in [0.717, 1.165) is 22.3 Å². The minimum absolute atomic E-state index is 0.127. The van der Waals surface area contributed by atoms with Crippen LogP contribution in [-0.2, 0) is 6.54 Å². The van der Waals surface area contributed by atoms with Crippen LogP contribution in [0.5, 0.6) is 11.5 Å². The molecule has 3 aromatic rings. The number of carbonyl (C=O) groups is 1. The van der Waals surface area contributed by atoms with E-state index in [1.807, 2.05) is 36.4 Å². The second kappa shape index (κ2) is 7.66. The van der Waals surface area contributed by atoms with Gasteiger partial charge in [0.15, 0.2) is 0 Å². The third-order valence-electron chi connectivity index (χ3n) is 4.23. The molecule has 5 nitrogen and oxygen atoms in total. The van der Waals surface area contributed by atoms with E-state index >= 15 is 0 Å². The molecule has 0 bridgehead atoms. The smallest absolute Gasteiger partial charge is 0.339 e. The summed E-state index contributed by atoms with van der Waals surface area (Å²) >= 11 is 0. The van der Waals surface area contributed by atoms with Gasteiger partial charge in [-0.25, -0.2) is 4.79 Å². The second-order valence-corrected chi connectivity index (χ2v) is 6.11. The highest BCUT2D eigenvalue weighted by Crippen LogP contribution is 2.24. The third-order valence-corrected chi connectivity index (χ3v) is 4.23. The first kappa shape index (κ1) is 18.1. The fourth-order valence-electron chi connectivity index (χ4n) is 2.69. The Labute approximate surface area is 156 Å². The highest BCUT2D eigenvalue weighted by Gasteiger charge is 2.10. The number of carboxylic acids is 1. The lowest BCUT2D eigenvalue weighted by Crippen LogP contribution is -2.11. The lowest BCUT2D eigenvalue weighted by molar-refractivity contribution is 0.0693. The standard InChI is InChI=1S/C22H19NO4/c1-14(23-13-15-2-11-21(25)20(12-15)22(26)27)16-3-5-17(6-4-16)18-7-9-19(24)10-8-18/h2-12,23-25H,1,13H2,(H,26,27). The van der Waals surface area contributed by atoms with Crippen molar-refractivity contribution in [2.45, 2.75) is 6.54 Å². The van der Waals surface area contributed by atoms with Crippen LogP contribution in [0.4, 0.5) is 0 Å². The molecule has 0 unspecified atom stereocenters. The van der Waals surface area contributed by atoms with Gasteiger partial charge in [0.25, 0.3) is 0 Å². The van der Waals surface area contributed by atoms with Gasteiger partial charge >= 0.3 is 5.97 Å². The highest BCUT2D eigenvalue weighted by atomic mass is 16.4. The number of hydrogen-bond acceptors (Lipinski definition) is 4. The highest BCUT2D eigenvalue weighted by molar-refractivity contribution is 5.90. The van der Waals surface area contributed by atoms with Gasteiger partial charge in [-0.1, -0.05) is 49.0 Å². The number of aromatic carboxylic acids is 1. The lowest BCUT2D eigenvalue weighted by atomic mass is 10.0. The van der Waals surface area contributed by atoms with E-state index in [4.69, 9.17) is 5.11 Å². The largest absolute Gasteiger partial charge is 0.508 e. The summed E-state index contributed by atoms with van der Waals surface area (Å²) in [6.07, 6.45) is 0. The van der Waals surface area contributed by atoms with E-state index in [0.29, 0.717) is 12.2 Å². The van der Waals surface area contributed by atoms with Gasteiger partial charge in [-0.15, -0.1) is 0 Å². The van der Waals surface area contributed by atoms with Crippen molar-refractivity contribution in [3.05, 3.63) is 90.0 Å². The van der Waals surface area contributed by atoms with Gasteiger partial charge in [0.1, 0.15) is 17.1 Å². The van der Waals surface area contributed by atoms with Crippen LogP contribution >= 0.6 is 0 Å². The number of carboxylic acid groups (broad SMARTS) is 1. The van der Waals surface area contributed by atoms with Crippen molar-refractivity contribution in [1.82, 2.24) is 5.32 Å². The topological polar surface area (TPSA) is 89.8 Å². The summed E-state index contributed by atoms with van der Waals surface area (Å²) < 4.78 is 0. The summed E-state index contributed by atoms with van der Waals surface area (Å²) in [5.74, 6) is -1.19. The molecular weight excluding hydrogens is 342 g/mol. The van der Waals surface area contributed by atoms with E-state index < -0.39 is 5.97 Å². The number of nitrogens with one attached hydrogen (secondary N) is 1. The Balaban J connectivity index is 1.67. The van der Waals surface area contributed by atoms with Crippen LogP contribution in [-0.4, -0.2) is 21.3 Å². The maximum Gasteiger partial charge on any atom is 0.339 e. The van der Waals surface area contributed by atoms with E-state index in [9.17, 15) is 15.0 Å². The number of rotatable bonds is 6. The first-order valence-corrected chi connectivity index (χ1v) is 8.32. The second-order valence-electron chi connectivity index (χ2n) is 6.11. The summed E-state index contributed by atoms with van der Waals surface area (Å²) in [4.78, 5) is 11.1. The van der Waals surface area contributed by atoms with E-state index in [1.54, 1.807) is 18.2 Å². The Hall–Kier alpha value is -3.73. The molecule has 0 aromatic heterocycles. The van der Waals surface area contributed by atoms with Gasteiger partial charge in [0, 0.05) is 12.2 Å². The third kappa shape index (κ3) is 4.27. The van der Waals surface area contributed by atoms with Gasteiger partial charge in [-0.2, -0.15) is 0 Å².